The van der Waals surface area contributed by atoms with Crippen molar-refractivity contribution in [1.29, 1.82) is 0 Å². The number of carbonyl (C=O) groups excluding carboxylic acids is 1. The molecule has 0 radical (unpaired) electrons. The maximum atomic E-state index is 12.1. The van der Waals surface area contributed by atoms with E-state index in [-0.39, 0.29) is 18.0 Å². The molecule has 2 fully saturated rings. The van der Waals surface area contributed by atoms with Crippen molar-refractivity contribution in [1.82, 2.24) is 5.32 Å². The molecule has 0 aromatic rings. The maximum Gasteiger partial charge on any atom is 0.326 e. The van der Waals surface area contributed by atoms with Crippen LogP contribution >= 0.6 is 0 Å². The van der Waals surface area contributed by atoms with E-state index in [2.05, 4.69) is 5.32 Å². The van der Waals surface area contributed by atoms with E-state index in [1.54, 1.807) is 0 Å². The standard InChI is InChI=1S/C13H23NO4/c1-10-9-17-7-5-13(10,12(15)16-2)14-8-11-4-3-6-18-11/h10-11,14H,3-9H2,1-2H3. The van der Waals surface area contributed by atoms with Gasteiger partial charge in [0, 0.05) is 25.7 Å². The minimum atomic E-state index is -0.612. The SMILES string of the molecule is COC(=O)C1(NCC2CCCO2)CCOCC1C. The maximum absolute atomic E-state index is 12.1. The normalized spacial score (nSPS) is 36.6. The monoisotopic (exact) mass is 257 g/mol. The highest BCUT2D eigenvalue weighted by Gasteiger charge is 2.46. The topological polar surface area (TPSA) is 56.8 Å². The first-order valence-electron chi connectivity index (χ1n) is 6.72. The lowest BCUT2D eigenvalue weighted by Crippen LogP contribution is -2.62. The third kappa shape index (κ3) is 2.68. The van der Waals surface area contributed by atoms with Gasteiger partial charge in [-0.1, -0.05) is 6.92 Å². The van der Waals surface area contributed by atoms with E-state index in [4.69, 9.17) is 14.2 Å². The van der Waals surface area contributed by atoms with Gasteiger partial charge >= 0.3 is 5.97 Å². The molecule has 2 heterocycles. The second-order valence-electron chi connectivity index (χ2n) is 5.20. The molecular formula is C13H23NO4. The van der Waals surface area contributed by atoms with Crippen LogP contribution < -0.4 is 5.32 Å². The van der Waals surface area contributed by atoms with Crippen LogP contribution in [0.5, 0.6) is 0 Å². The van der Waals surface area contributed by atoms with Crippen LogP contribution in [0.4, 0.5) is 0 Å². The Bertz CT molecular complexity index is 291. The summed E-state index contributed by atoms with van der Waals surface area (Å²) in [4.78, 5) is 12.1. The molecule has 3 unspecified atom stereocenters. The molecule has 0 aromatic carbocycles. The van der Waals surface area contributed by atoms with Gasteiger partial charge in [0.15, 0.2) is 0 Å². The fourth-order valence-corrected chi connectivity index (χ4v) is 2.80. The van der Waals surface area contributed by atoms with Crippen molar-refractivity contribution in [3.8, 4) is 0 Å². The summed E-state index contributed by atoms with van der Waals surface area (Å²) in [5, 5.41) is 3.40. The Balaban J connectivity index is 2.01. The molecule has 5 heteroatoms. The van der Waals surface area contributed by atoms with Gasteiger partial charge in [0.1, 0.15) is 5.54 Å². The van der Waals surface area contributed by atoms with Crippen molar-refractivity contribution in [2.45, 2.75) is 37.8 Å². The summed E-state index contributed by atoms with van der Waals surface area (Å²) in [5.41, 5.74) is -0.612. The Labute approximate surface area is 108 Å². The second-order valence-corrected chi connectivity index (χ2v) is 5.20. The number of hydrogen-bond acceptors (Lipinski definition) is 5. The average Bonchev–Trinajstić information content (AvgIpc) is 2.90. The first-order chi connectivity index (χ1) is 8.69. The van der Waals surface area contributed by atoms with Gasteiger partial charge in [-0.15, -0.1) is 0 Å². The lowest BCUT2D eigenvalue weighted by atomic mass is 9.81. The summed E-state index contributed by atoms with van der Waals surface area (Å²) in [6, 6.07) is 0. The molecule has 0 spiro atoms. The van der Waals surface area contributed by atoms with Gasteiger partial charge in [0.25, 0.3) is 0 Å². The molecule has 5 nitrogen and oxygen atoms in total. The van der Waals surface area contributed by atoms with Crippen molar-refractivity contribution in [2.75, 3.05) is 33.5 Å². The van der Waals surface area contributed by atoms with Gasteiger partial charge in [0.2, 0.25) is 0 Å². The number of nitrogens with one attached hydrogen (secondary N) is 1. The fraction of sp³-hybridized carbons (Fsp3) is 0.923. The van der Waals surface area contributed by atoms with Crippen LogP contribution in [0.1, 0.15) is 26.2 Å². The third-order valence-corrected chi connectivity index (χ3v) is 4.07. The highest BCUT2D eigenvalue weighted by atomic mass is 16.5. The van der Waals surface area contributed by atoms with Crippen LogP contribution in [0.15, 0.2) is 0 Å². The van der Waals surface area contributed by atoms with E-state index >= 15 is 0 Å². The third-order valence-electron chi connectivity index (χ3n) is 4.07. The molecule has 0 amide bonds. The number of methoxy groups -OCH3 is 1. The zero-order valence-electron chi connectivity index (χ0n) is 11.2. The Hall–Kier alpha value is -0.650. The van der Waals surface area contributed by atoms with Crippen LogP contribution in [-0.2, 0) is 19.0 Å². The predicted molar refractivity (Wildman–Crippen MR) is 66.3 cm³/mol. The molecule has 1 N–H and O–H groups in total. The van der Waals surface area contributed by atoms with Crippen LogP contribution in [0.25, 0.3) is 0 Å². The minimum absolute atomic E-state index is 0.111. The zero-order chi connectivity index (χ0) is 13.0. The molecule has 104 valence electrons. The molecule has 18 heavy (non-hydrogen) atoms. The Kier molecular flexibility index (Phi) is 4.59. The fourth-order valence-electron chi connectivity index (χ4n) is 2.80. The van der Waals surface area contributed by atoms with E-state index in [1.165, 1.54) is 7.11 Å². The van der Waals surface area contributed by atoms with Crippen molar-refractivity contribution >= 4 is 5.97 Å². The number of hydrogen-bond donors (Lipinski definition) is 1. The highest BCUT2D eigenvalue weighted by molar-refractivity contribution is 5.81. The van der Waals surface area contributed by atoms with E-state index in [9.17, 15) is 4.79 Å². The van der Waals surface area contributed by atoms with E-state index in [0.29, 0.717) is 26.2 Å². The Morgan fingerprint density at radius 3 is 2.94 bits per heavy atom. The van der Waals surface area contributed by atoms with Crippen LogP contribution in [-0.4, -0.2) is 51.1 Å². The quantitative estimate of drug-likeness (QED) is 0.752. The summed E-state index contributed by atoms with van der Waals surface area (Å²) in [6.07, 6.45) is 3.06. The van der Waals surface area contributed by atoms with Gasteiger partial charge in [-0.2, -0.15) is 0 Å². The lowest BCUT2D eigenvalue weighted by Gasteiger charge is -2.41. The molecule has 0 aromatic heterocycles. The smallest absolute Gasteiger partial charge is 0.326 e. The Morgan fingerprint density at radius 2 is 2.33 bits per heavy atom. The summed E-state index contributed by atoms with van der Waals surface area (Å²) in [6.45, 7) is 4.75. The van der Waals surface area contributed by atoms with Gasteiger partial charge < -0.3 is 14.2 Å². The van der Waals surface area contributed by atoms with Crippen molar-refractivity contribution < 1.29 is 19.0 Å². The van der Waals surface area contributed by atoms with E-state index in [0.717, 1.165) is 19.4 Å². The van der Waals surface area contributed by atoms with Gasteiger partial charge in [-0.05, 0) is 19.3 Å². The van der Waals surface area contributed by atoms with Crippen molar-refractivity contribution in [3.63, 3.8) is 0 Å². The van der Waals surface area contributed by atoms with Crippen LogP contribution in [0.2, 0.25) is 0 Å². The summed E-state index contributed by atoms with van der Waals surface area (Å²) in [5.74, 6) is -0.0728. The first-order valence-corrected chi connectivity index (χ1v) is 6.72. The van der Waals surface area contributed by atoms with E-state index < -0.39 is 5.54 Å². The molecule has 0 bridgehead atoms. The van der Waals surface area contributed by atoms with Crippen LogP contribution in [0, 0.1) is 5.92 Å². The van der Waals surface area contributed by atoms with Crippen molar-refractivity contribution in [3.05, 3.63) is 0 Å². The second kappa shape index (κ2) is 5.99. The number of rotatable bonds is 4. The van der Waals surface area contributed by atoms with Crippen LogP contribution in [0.3, 0.4) is 0 Å². The molecular weight excluding hydrogens is 234 g/mol. The Morgan fingerprint density at radius 1 is 1.50 bits per heavy atom. The number of ether oxygens (including phenoxy) is 3. The highest BCUT2D eigenvalue weighted by Crippen LogP contribution is 2.28. The summed E-state index contributed by atoms with van der Waals surface area (Å²) < 4.78 is 16.0. The summed E-state index contributed by atoms with van der Waals surface area (Å²) >= 11 is 0. The van der Waals surface area contributed by atoms with Crippen molar-refractivity contribution in [2.24, 2.45) is 5.92 Å². The lowest BCUT2D eigenvalue weighted by molar-refractivity contribution is -0.157. The molecule has 0 aliphatic carbocycles. The summed E-state index contributed by atoms with van der Waals surface area (Å²) in [7, 11) is 1.44. The van der Waals surface area contributed by atoms with Gasteiger partial charge in [0.05, 0.1) is 19.8 Å². The first kappa shape index (κ1) is 13.8. The predicted octanol–water partition coefficient (Wildman–Crippen LogP) is 0.723. The molecule has 2 aliphatic rings. The molecule has 0 saturated carbocycles. The molecule has 2 rings (SSSR count). The van der Waals surface area contributed by atoms with E-state index in [1.807, 2.05) is 6.92 Å². The molecule has 2 saturated heterocycles. The molecule has 3 atom stereocenters. The number of esters is 1. The minimum Gasteiger partial charge on any atom is -0.468 e. The van der Waals surface area contributed by atoms with Gasteiger partial charge in [-0.25, -0.2) is 0 Å². The largest absolute Gasteiger partial charge is 0.468 e. The molecule has 2 aliphatic heterocycles. The van der Waals surface area contributed by atoms with Gasteiger partial charge in [-0.3, -0.25) is 10.1 Å². The zero-order valence-corrected chi connectivity index (χ0v) is 11.2. The number of carbonyl (C=O) groups is 1. The average molecular weight is 257 g/mol.